The molecule has 4 nitrogen and oxygen atoms in total. The summed E-state index contributed by atoms with van der Waals surface area (Å²) >= 11 is 5.80. The van der Waals surface area contributed by atoms with Gasteiger partial charge in [-0.3, -0.25) is 5.32 Å². The average Bonchev–Trinajstić information content (AvgIpc) is 2.38. The van der Waals surface area contributed by atoms with Crippen molar-refractivity contribution in [1.29, 1.82) is 0 Å². The van der Waals surface area contributed by atoms with Gasteiger partial charge >= 0.3 is 6.03 Å². The lowest BCUT2D eigenvalue weighted by molar-refractivity contribution is 0.255. The molecule has 0 spiro atoms. The van der Waals surface area contributed by atoms with Gasteiger partial charge in [-0.1, -0.05) is 41.4 Å². The van der Waals surface area contributed by atoms with Gasteiger partial charge in [0.15, 0.2) is 0 Å². The summed E-state index contributed by atoms with van der Waals surface area (Å²) in [4.78, 5) is 15.6. The summed E-state index contributed by atoms with van der Waals surface area (Å²) < 4.78 is 0. The van der Waals surface area contributed by atoms with E-state index in [-0.39, 0.29) is 6.03 Å². The molecule has 0 unspecified atom stereocenters. The number of carbonyl (C=O) groups is 1. The molecular weight excluding hydrogens is 274 g/mol. The number of aromatic nitrogens is 1. The van der Waals surface area contributed by atoms with Gasteiger partial charge in [0.2, 0.25) is 0 Å². The first-order valence-corrected chi connectivity index (χ1v) is 6.43. The van der Waals surface area contributed by atoms with Crippen molar-refractivity contribution in [1.82, 2.24) is 10.3 Å². The van der Waals surface area contributed by atoms with E-state index in [1.807, 2.05) is 37.3 Å². The van der Waals surface area contributed by atoms with Crippen molar-refractivity contribution in [3.05, 3.63) is 64.9 Å². The summed E-state index contributed by atoms with van der Waals surface area (Å²) in [6.07, 6.45) is 4.92. The Balaban J connectivity index is 1.89. The number of carbonyl (C=O) groups excluding carboxylic acids is 1. The number of hydrogen-bond donors (Lipinski definition) is 2. The van der Waals surface area contributed by atoms with E-state index in [9.17, 15) is 4.79 Å². The Morgan fingerprint density at radius 1 is 1.30 bits per heavy atom. The standard InChI is InChI=1S/C15H14ClN3O/c1-11-3-2-4-12(9-11)5-7-18-15(20)19-14-10-13(16)6-8-17-14/h2-10H,1H3,(H2,17,18,19,20)/b7-5+. The number of nitrogens with one attached hydrogen (secondary N) is 2. The maximum absolute atomic E-state index is 11.6. The lowest BCUT2D eigenvalue weighted by Gasteiger charge is -2.03. The van der Waals surface area contributed by atoms with Gasteiger partial charge in [-0.15, -0.1) is 0 Å². The Morgan fingerprint density at radius 3 is 2.90 bits per heavy atom. The molecule has 0 bridgehead atoms. The summed E-state index contributed by atoms with van der Waals surface area (Å²) in [5.74, 6) is 0.402. The van der Waals surface area contributed by atoms with Gasteiger partial charge in [-0.05, 0) is 30.7 Å². The van der Waals surface area contributed by atoms with E-state index in [4.69, 9.17) is 11.6 Å². The minimum absolute atomic E-state index is 0.372. The molecule has 0 saturated heterocycles. The van der Waals surface area contributed by atoms with Crippen molar-refractivity contribution in [2.24, 2.45) is 0 Å². The van der Waals surface area contributed by atoms with Crippen LogP contribution in [0.15, 0.2) is 48.8 Å². The Labute approximate surface area is 122 Å². The number of pyridine rings is 1. The zero-order valence-electron chi connectivity index (χ0n) is 10.9. The molecule has 0 aliphatic heterocycles. The van der Waals surface area contributed by atoms with Crippen LogP contribution in [0.3, 0.4) is 0 Å². The number of anilines is 1. The highest BCUT2D eigenvalue weighted by atomic mass is 35.5. The highest BCUT2D eigenvalue weighted by Crippen LogP contribution is 2.11. The van der Waals surface area contributed by atoms with E-state index in [1.165, 1.54) is 11.8 Å². The molecule has 0 radical (unpaired) electrons. The summed E-state index contributed by atoms with van der Waals surface area (Å²) in [6, 6.07) is 10.8. The van der Waals surface area contributed by atoms with Crippen molar-refractivity contribution in [2.45, 2.75) is 6.92 Å². The molecule has 2 N–H and O–H groups in total. The van der Waals surface area contributed by atoms with E-state index in [1.54, 1.807) is 18.3 Å². The van der Waals surface area contributed by atoms with Gasteiger partial charge in [-0.25, -0.2) is 9.78 Å². The van der Waals surface area contributed by atoms with Crippen molar-refractivity contribution in [2.75, 3.05) is 5.32 Å². The van der Waals surface area contributed by atoms with Crippen molar-refractivity contribution in [3.8, 4) is 0 Å². The molecular formula is C15H14ClN3O. The van der Waals surface area contributed by atoms with Crippen LogP contribution in [0, 0.1) is 6.92 Å². The first-order chi connectivity index (χ1) is 9.63. The second kappa shape index (κ2) is 6.73. The zero-order chi connectivity index (χ0) is 14.4. The maximum Gasteiger partial charge on any atom is 0.324 e. The Bertz CT molecular complexity index is 641. The average molecular weight is 288 g/mol. The molecule has 2 aromatic rings. The normalized spacial score (nSPS) is 10.5. The second-order valence-corrected chi connectivity index (χ2v) is 4.64. The number of halogens is 1. The van der Waals surface area contributed by atoms with Crippen LogP contribution in [0.25, 0.3) is 6.08 Å². The summed E-state index contributed by atoms with van der Waals surface area (Å²) in [5, 5.41) is 5.71. The third-order valence-electron chi connectivity index (χ3n) is 2.50. The molecule has 20 heavy (non-hydrogen) atoms. The number of urea groups is 1. The van der Waals surface area contributed by atoms with E-state index < -0.39 is 0 Å². The predicted octanol–water partition coefficient (Wildman–Crippen LogP) is 3.84. The molecule has 1 heterocycles. The van der Waals surface area contributed by atoms with E-state index in [0.717, 1.165) is 5.56 Å². The molecule has 0 fully saturated rings. The lowest BCUT2D eigenvalue weighted by Crippen LogP contribution is -2.24. The first-order valence-electron chi connectivity index (χ1n) is 6.06. The first kappa shape index (κ1) is 14.1. The Hall–Kier alpha value is -2.33. The molecule has 1 aromatic heterocycles. The summed E-state index contributed by atoms with van der Waals surface area (Å²) in [6.45, 7) is 2.02. The predicted molar refractivity (Wildman–Crippen MR) is 81.6 cm³/mol. The molecule has 2 rings (SSSR count). The fourth-order valence-electron chi connectivity index (χ4n) is 1.61. The highest BCUT2D eigenvalue weighted by Gasteiger charge is 2.00. The maximum atomic E-state index is 11.6. The van der Waals surface area contributed by atoms with Gasteiger partial charge in [0.05, 0.1) is 0 Å². The van der Waals surface area contributed by atoms with Gasteiger partial charge in [-0.2, -0.15) is 0 Å². The van der Waals surface area contributed by atoms with Crippen LogP contribution in [-0.4, -0.2) is 11.0 Å². The summed E-state index contributed by atoms with van der Waals surface area (Å²) in [5.41, 5.74) is 2.19. The molecule has 0 aliphatic carbocycles. The van der Waals surface area contributed by atoms with Crippen LogP contribution in [0.1, 0.15) is 11.1 Å². The minimum Gasteiger partial charge on any atom is -0.314 e. The van der Waals surface area contributed by atoms with Crippen molar-refractivity contribution < 1.29 is 4.79 Å². The third kappa shape index (κ3) is 4.40. The zero-order valence-corrected chi connectivity index (χ0v) is 11.7. The largest absolute Gasteiger partial charge is 0.324 e. The summed E-state index contributed by atoms with van der Waals surface area (Å²) in [7, 11) is 0. The number of benzene rings is 1. The molecule has 5 heteroatoms. The molecule has 1 aromatic carbocycles. The Morgan fingerprint density at radius 2 is 2.15 bits per heavy atom. The molecule has 0 aliphatic rings. The van der Waals surface area contributed by atoms with Gasteiger partial charge in [0.25, 0.3) is 0 Å². The minimum atomic E-state index is -0.372. The van der Waals surface area contributed by atoms with Gasteiger partial charge in [0, 0.05) is 17.4 Å². The number of rotatable bonds is 3. The fourth-order valence-corrected chi connectivity index (χ4v) is 1.77. The highest BCUT2D eigenvalue weighted by molar-refractivity contribution is 6.30. The van der Waals surface area contributed by atoms with E-state index in [0.29, 0.717) is 10.8 Å². The van der Waals surface area contributed by atoms with E-state index in [2.05, 4.69) is 15.6 Å². The Kier molecular flexibility index (Phi) is 4.74. The third-order valence-corrected chi connectivity index (χ3v) is 2.73. The molecule has 102 valence electrons. The van der Waals surface area contributed by atoms with Gasteiger partial charge < -0.3 is 5.32 Å². The van der Waals surface area contributed by atoms with Crippen molar-refractivity contribution >= 4 is 29.5 Å². The van der Waals surface area contributed by atoms with E-state index >= 15 is 0 Å². The molecule has 0 atom stereocenters. The fraction of sp³-hybridized carbons (Fsp3) is 0.0667. The molecule has 2 amide bonds. The SMILES string of the molecule is Cc1cccc(/C=C/NC(=O)Nc2cc(Cl)ccn2)c1. The van der Waals surface area contributed by atoms with Gasteiger partial charge in [0.1, 0.15) is 5.82 Å². The lowest BCUT2D eigenvalue weighted by atomic mass is 10.1. The topological polar surface area (TPSA) is 54.0 Å². The van der Waals surface area contributed by atoms with Crippen LogP contribution in [0.5, 0.6) is 0 Å². The number of hydrogen-bond acceptors (Lipinski definition) is 2. The number of aryl methyl sites for hydroxylation is 1. The molecule has 0 saturated carbocycles. The number of amides is 2. The number of nitrogens with zero attached hydrogens (tertiary/aromatic N) is 1. The van der Waals surface area contributed by atoms with Crippen LogP contribution >= 0.6 is 11.6 Å². The van der Waals surface area contributed by atoms with Crippen LogP contribution in [0.4, 0.5) is 10.6 Å². The van der Waals surface area contributed by atoms with Crippen LogP contribution < -0.4 is 10.6 Å². The van der Waals surface area contributed by atoms with Crippen molar-refractivity contribution in [3.63, 3.8) is 0 Å². The van der Waals surface area contributed by atoms with Crippen LogP contribution in [0.2, 0.25) is 5.02 Å². The monoisotopic (exact) mass is 287 g/mol. The van der Waals surface area contributed by atoms with Crippen LogP contribution in [-0.2, 0) is 0 Å². The smallest absolute Gasteiger partial charge is 0.314 e. The quantitative estimate of drug-likeness (QED) is 0.901. The second-order valence-electron chi connectivity index (χ2n) is 4.21.